The van der Waals surface area contributed by atoms with Gasteiger partial charge in [-0.15, -0.1) is 0 Å². The number of alkyl halides is 3. The summed E-state index contributed by atoms with van der Waals surface area (Å²) in [5.74, 6) is 1.06. The van der Waals surface area contributed by atoms with E-state index in [2.05, 4.69) is 0 Å². The predicted molar refractivity (Wildman–Crippen MR) is 71.3 cm³/mol. The van der Waals surface area contributed by atoms with Crippen LogP contribution in [-0.4, -0.2) is 22.2 Å². The largest absolute Gasteiger partial charge is 0.416 e. The number of halogens is 3. The molecular formula is C14H17F3OS. The molecule has 1 heterocycles. The molecule has 19 heavy (non-hydrogen) atoms. The molecule has 1 N–H and O–H groups in total. The van der Waals surface area contributed by atoms with Gasteiger partial charge >= 0.3 is 6.18 Å². The molecule has 1 aromatic rings. The first-order valence-corrected chi connectivity index (χ1v) is 7.47. The van der Waals surface area contributed by atoms with E-state index in [-0.39, 0.29) is 5.25 Å². The number of benzene rings is 1. The highest BCUT2D eigenvalue weighted by molar-refractivity contribution is 8.00. The van der Waals surface area contributed by atoms with Crippen LogP contribution in [0.3, 0.4) is 0 Å². The average Bonchev–Trinajstić information content (AvgIpc) is 2.39. The molecule has 106 valence electrons. The fourth-order valence-corrected chi connectivity index (χ4v) is 3.60. The Hall–Kier alpha value is -0.680. The standard InChI is InChI=1S/C14H17F3OS/c15-14(16,17)11-6-4-10(5-7-11)9-12(18)13-3-1-2-8-19-13/h4-7,12-13,18H,1-3,8-9H2. The third-order valence-electron chi connectivity index (χ3n) is 3.37. The van der Waals surface area contributed by atoms with Gasteiger partial charge in [0.05, 0.1) is 11.7 Å². The predicted octanol–water partition coefficient (Wildman–Crippen LogP) is 3.89. The molecule has 0 aromatic heterocycles. The molecule has 0 saturated carbocycles. The maximum Gasteiger partial charge on any atom is 0.416 e. The second-order valence-corrected chi connectivity index (χ2v) is 6.22. The lowest BCUT2D eigenvalue weighted by atomic mass is 10.0. The summed E-state index contributed by atoms with van der Waals surface area (Å²) in [6.07, 6.45) is -1.03. The van der Waals surface area contributed by atoms with Crippen molar-refractivity contribution in [2.24, 2.45) is 0 Å². The summed E-state index contributed by atoms with van der Waals surface area (Å²) in [6.45, 7) is 0. The Labute approximate surface area is 115 Å². The summed E-state index contributed by atoms with van der Waals surface area (Å²) in [6, 6.07) is 5.07. The van der Waals surface area contributed by atoms with Crippen molar-refractivity contribution in [2.75, 3.05) is 5.75 Å². The first kappa shape index (κ1) is 14.7. The zero-order valence-electron chi connectivity index (χ0n) is 10.5. The van der Waals surface area contributed by atoms with Crippen LogP contribution in [0.4, 0.5) is 13.2 Å². The Morgan fingerprint density at radius 1 is 1.21 bits per heavy atom. The number of hydrogen-bond acceptors (Lipinski definition) is 2. The molecule has 0 aliphatic carbocycles. The molecule has 1 aromatic carbocycles. The van der Waals surface area contributed by atoms with Crippen molar-refractivity contribution in [1.82, 2.24) is 0 Å². The second kappa shape index (κ2) is 6.18. The minimum Gasteiger partial charge on any atom is -0.392 e. The van der Waals surface area contributed by atoms with Gasteiger partial charge in [0.2, 0.25) is 0 Å². The average molecular weight is 290 g/mol. The van der Waals surface area contributed by atoms with Gasteiger partial charge in [-0.1, -0.05) is 18.6 Å². The molecule has 2 rings (SSSR count). The Morgan fingerprint density at radius 3 is 2.42 bits per heavy atom. The molecule has 1 aliphatic heterocycles. The van der Waals surface area contributed by atoms with Crippen LogP contribution < -0.4 is 0 Å². The third kappa shape index (κ3) is 4.14. The number of hydrogen-bond donors (Lipinski definition) is 1. The van der Waals surface area contributed by atoms with Crippen molar-refractivity contribution in [3.8, 4) is 0 Å². The van der Waals surface area contributed by atoms with Crippen LogP contribution >= 0.6 is 11.8 Å². The van der Waals surface area contributed by atoms with E-state index in [1.54, 1.807) is 11.8 Å². The van der Waals surface area contributed by atoms with Gasteiger partial charge in [-0.3, -0.25) is 0 Å². The Morgan fingerprint density at radius 2 is 1.89 bits per heavy atom. The second-order valence-electron chi connectivity index (χ2n) is 4.87. The van der Waals surface area contributed by atoms with E-state index in [1.807, 2.05) is 0 Å². The van der Waals surface area contributed by atoms with Crippen LogP contribution in [0.1, 0.15) is 30.4 Å². The van der Waals surface area contributed by atoms with Crippen molar-refractivity contribution in [2.45, 2.75) is 43.2 Å². The normalized spacial score (nSPS) is 22.2. The molecule has 0 radical (unpaired) electrons. The van der Waals surface area contributed by atoms with Gasteiger partial charge in [-0.2, -0.15) is 24.9 Å². The molecular weight excluding hydrogens is 273 g/mol. The lowest BCUT2D eigenvalue weighted by molar-refractivity contribution is -0.137. The van der Waals surface area contributed by atoms with Gasteiger partial charge in [0, 0.05) is 5.25 Å². The number of thioether (sulfide) groups is 1. The lowest BCUT2D eigenvalue weighted by Crippen LogP contribution is -2.27. The molecule has 0 bridgehead atoms. The van der Waals surface area contributed by atoms with E-state index in [4.69, 9.17) is 0 Å². The molecule has 2 unspecified atom stereocenters. The van der Waals surface area contributed by atoms with Gasteiger partial charge in [0.15, 0.2) is 0 Å². The van der Waals surface area contributed by atoms with Crippen molar-refractivity contribution < 1.29 is 18.3 Å². The van der Waals surface area contributed by atoms with Crippen LogP contribution in [0.15, 0.2) is 24.3 Å². The van der Waals surface area contributed by atoms with Crippen LogP contribution in [0, 0.1) is 0 Å². The Balaban J connectivity index is 1.95. The molecule has 0 amide bonds. The first-order chi connectivity index (χ1) is 8.97. The molecule has 1 aliphatic rings. The van der Waals surface area contributed by atoms with E-state index in [0.717, 1.165) is 36.3 Å². The number of aliphatic hydroxyl groups is 1. The minimum atomic E-state index is -4.30. The van der Waals surface area contributed by atoms with Crippen LogP contribution in [0.5, 0.6) is 0 Å². The zero-order chi connectivity index (χ0) is 13.9. The molecule has 1 fully saturated rings. The summed E-state index contributed by atoms with van der Waals surface area (Å²) < 4.78 is 37.3. The van der Waals surface area contributed by atoms with Crippen LogP contribution in [-0.2, 0) is 12.6 Å². The monoisotopic (exact) mass is 290 g/mol. The minimum absolute atomic E-state index is 0.219. The van der Waals surface area contributed by atoms with Crippen molar-refractivity contribution >= 4 is 11.8 Å². The van der Waals surface area contributed by atoms with Gasteiger partial charge in [0.25, 0.3) is 0 Å². The fraction of sp³-hybridized carbons (Fsp3) is 0.571. The fourth-order valence-electron chi connectivity index (χ4n) is 2.27. The highest BCUT2D eigenvalue weighted by atomic mass is 32.2. The Bertz CT molecular complexity index is 396. The van der Waals surface area contributed by atoms with E-state index in [1.165, 1.54) is 18.6 Å². The van der Waals surface area contributed by atoms with Crippen LogP contribution in [0.25, 0.3) is 0 Å². The van der Waals surface area contributed by atoms with E-state index < -0.39 is 17.8 Å². The first-order valence-electron chi connectivity index (χ1n) is 6.42. The quantitative estimate of drug-likeness (QED) is 0.911. The molecule has 1 nitrogen and oxygen atoms in total. The summed E-state index contributed by atoms with van der Waals surface area (Å²) in [5.41, 5.74) is 0.115. The van der Waals surface area contributed by atoms with Gasteiger partial charge in [-0.05, 0) is 42.7 Å². The van der Waals surface area contributed by atoms with Crippen molar-refractivity contribution in [3.63, 3.8) is 0 Å². The molecule has 1 saturated heterocycles. The topological polar surface area (TPSA) is 20.2 Å². The highest BCUT2D eigenvalue weighted by Gasteiger charge is 2.30. The number of rotatable bonds is 3. The summed E-state index contributed by atoms with van der Waals surface area (Å²) in [7, 11) is 0. The van der Waals surface area contributed by atoms with E-state index >= 15 is 0 Å². The molecule has 2 atom stereocenters. The third-order valence-corrected chi connectivity index (χ3v) is 4.87. The smallest absolute Gasteiger partial charge is 0.392 e. The Kier molecular flexibility index (Phi) is 4.79. The van der Waals surface area contributed by atoms with Gasteiger partial charge < -0.3 is 5.11 Å². The van der Waals surface area contributed by atoms with Crippen molar-refractivity contribution in [3.05, 3.63) is 35.4 Å². The van der Waals surface area contributed by atoms with E-state index in [9.17, 15) is 18.3 Å². The maximum absolute atomic E-state index is 12.4. The van der Waals surface area contributed by atoms with Crippen LogP contribution in [0.2, 0.25) is 0 Å². The maximum atomic E-state index is 12.4. The number of aliphatic hydroxyl groups excluding tert-OH is 1. The summed E-state index contributed by atoms with van der Waals surface area (Å²) in [5, 5.41) is 10.3. The summed E-state index contributed by atoms with van der Waals surface area (Å²) >= 11 is 1.77. The summed E-state index contributed by atoms with van der Waals surface area (Å²) in [4.78, 5) is 0. The van der Waals surface area contributed by atoms with Crippen molar-refractivity contribution in [1.29, 1.82) is 0 Å². The highest BCUT2D eigenvalue weighted by Crippen LogP contribution is 2.31. The lowest BCUT2D eigenvalue weighted by Gasteiger charge is -2.26. The SMILES string of the molecule is OC(Cc1ccc(C(F)(F)F)cc1)C1CCCCS1. The van der Waals surface area contributed by atoms with Gasteiger partial charge in [-0.25, -0.2) is 0 Å². The van der Waals surface area contributed by atoms with Gasteiger partial charge in [0.1, 0.15) is 0 Å². The van der Waals surface area contributed by atoms with E-state index in [0.29, 0.717) is 6.42 Å². The molecule has 0 spiro atoms. The molecule has 5 heteroatoms. The zero-order valence-corrected chi connectivity index (χ0v) is 11.3.